The minimum Gasteiger partial charge on any atom is -0.365 e. The van der Waals surface area contributed by atoms with Crippen LogP contribution in [0.25, 0.3) is 15.6 Å². The van der Waals surface area contributed by atoms with Crippen LogP contribution in [0.1, 0.15) is 15.4 Å². The van der Waals surface area contributed by atoms with Gasteiger partial charge in [0.25, 0.3) is 11.5 Å². The van der Waals surface area contributed by atoms with E-state index in [0.717, 1.165) is 15.6 Å². The second kappa shape index (κ2) is 9.09. The van der Waals surface area contributed by atoms with E-state index in [2.05, 4.69) is 10.1 Å². The Kier molecular flexibility index (Phi) is 6.01. The zero-order valence-electron chi connectivity index (χ0n) is 17.8. The third-order valence-electron chi connectivity index (χ3n) is 5.53. The third-order valence-corrected chi connectivity index (χ3v) is 8.07. The molecule has 0 radical (unpaired) electrons. The lowest BCUT2D eigenvalue weighted by Gasteiger charge is -2.36. The van der Waals surface area contributed by atoms with Crippen LogP contribution in [0.2, 0.25) is 5.02 Å². The van der Waals surface area contributed by atoms with Crippen molar-refractivity contribution in [2.45, 2.75) is 6.92 Å². The largest absolute Gasteiger partial charge is 0.365 e. The van der Waals surface area contributed by atoms with Crippen LogP contribution < -0.4 is 10.5 Å². The molecule has 1 fully saturated rings. The van der Waals surface area contributed by atoms with Crippen LogP contribution in [0, 0.1) is 6.92 Å². The van der Waals surface area contributed by atoms with Gasteiger partial charge in [0.05, 0.1) is 28.1 Å². The Morgan fingerprint density at radius 1 is 1.06 bits per heavy atom. The third kappa shape index (κ3) is 4.19. The summed E-state index contributed by atoms with van der Waals surface area (Å²) in [4.78, 5) is 36.1. The van der Waals surface area contributed by atoms with Gasteiger partial charge in [0, 0.05) is 26.2 Å². The molecule has 0 bridgehead atoms. The van der Waals surface area contributed by atoms with Crippen molar-refractivity contribution >= 4 is 45.9 Å². The SMILES string of the molecule is Cc1nc(-c2cccs2)sc1C(=O)N1CCN(c2cnn(-c3ccccc3)c(=O)c2Cl)CC1. The fraction of sp³-hybridized carbons (Fsp3) is 0.217. The van der Waals surface area contributed by atoms with Gasteiger partial charge < -0.3 is 9.80 Å². The molecular formula is C23H20ClN5O2S2. The van der Waals surface area contributed by atoms with Gasteiger partial charge >= 0.3 is 0 Å². The Labute approximate surface area is 203 Å². The van der Waals surface area contributed by atoms with Crippen LogP contribution in [-0.2, 0) is 0 Å². The summed E-state index contributed by atoms with van der Waals surface area (Å²) in [5, 5.41) is 7.33. The van der Waals surface area contributed by atoms with E-state index in [0.29, 0.717) is 42.4 Å². The second-order valence-corrected chi connectivity index (χ2v) is 9.91. The molecule has 1 aromatic carbocycles. The van der Waals surface area contributed by atoms with Gasteiger partial charge in [-0.05, 0) is 30.5 Å². The minimum atomic E-state index is -0.361. The Hall–Kier alpha value is -3.01. The topological polar surface area (TPSA) is 71.3 Å². The summed E-state index contributed by atoms with van der Waals surface area (Å²) in [6.45, 7) is 4.07. The molecule has 1 aliphatic rings. The van der Waals surface area contributed by atoms with Crippen molar-refractivity contribution in [3.63, 3.8) is 0 Å². The van der Waals surface area contributed by atoms with Crippen molar-refractivity contribution in [3.05, 3.63) is 80.0 Å². The molecule has 0 N–H and O–H groups in total. The summed E-state index contributed by atoms with van der Waals surface area (Å²) in [6.07, 6.45) is 1.62. The molecule has 4 heterocycles. The molecule has 1 amide bonds. The molecule has 0 spiro atoms. The summed E-state index contributed by atoms with van der Waals surface area (Å²) < 4.78 is 1.29. The fourth-order valence-electron chi connectivity index (χ4n) is 3.79. The van der Waals surface area contributed by atoms with Crippen LogP contribution in [-0.4, -0.2) is 51.8 Å². The highest BCUT2D eigenvalue weighted by Crippen LogP contribution is 2.32. The van der Waals surface area contributed by atoms with Crippen molar-refractivity contribution in [1.29, 1.82) is 0 Å². The molecule has 0 saturated carbocycles. The molecular weight excluding hydrogens is 478 g/mol. The van der Waals surface area contributed by atoms with Gasteiger partial charge in [-0.15, -0.1) is 22.7 Å². The molecule has 1 aliphatic heterocycles. The van der Waals surface area contributed by atoms with Crippen LogP contribution in [0.15, 0.2) is 58.8 Å². The van der Waals surface area contributed by atoms with Crippen LogP contribution >= 0.6 is 34.3 Å². The fourth-order valence-corrected chi connectivity index (χ4v) is 5.87. The number of thiazole rings is 1. The summed E-state index contributed by atoms with van der Waals surface area (Å²) in [6, 6.07) is 13.2. The number of hydrogen-bond acceptors (Lipinski definition) is 7. The number of amides is 1. The first kappa shape index (κ1) is 21.8. The maximum Gasteiger partial charge on any atom is 0.292 e. The normalized spacial score (nSPS) is 14.0. The van der Waals surface area contributed by atoms with E-state index in [1.807, 2.05) is 52.4 Å². The highest BCUT2D eigenvalue weighted by Gasteiger charge is 2.27. The Morgan fingerprint density at radius 3 is 2.52 bits per heavy atom. The number of aromatic nitrogens is 3. The van der Waals surface area contributed by atoms with Gasteiger partial charge in [-0.25, -0.2) is 4.98 Å². The van der Waals surface area contributed by atoms with E-state index in [1.165, 1.54) is 16.0 Å². The number of halogens is 1. The average Bonchev–Trinajstić information content (AvgIpc) is 3.51. The lowest BCUT2D eigenvalue weighted by atomic mass is 10.2. The van der Waals surface area contributed by atoms with E-state index >= 15 is 0 Å². The number of thiophene rings is 1. The van der Waals surface area contributed by atoms with Crippen LogP contribution in [0.3, 0.4) is 0 Å². The molecule has 1 saturated heterocycles. The number of piperazine rings is 1. The summed E-state index contributed by atoms with van der Waals surface area (Å²) in [7, 11) is 0. The standard InChI is InChI=1S/C23H20ClN5O2S2/c1-15-20(33-21(26-15)18-8-5-13-32-18)23(31)28-11-9-27(10-12-28)17-14-25-29(22(30)19(17)24)16-6-3-2-4-7-16/h2-8,13-14H,9-12H2,1H3. The monoisotopic (exact) mass is 497 g/mol. The second-order valence-electron chi connectivity index (χ2n) is 7.59. The number of para-hydroxylation sites is 1. The number of benzene rings is 1. The van der Waals surface area contributed by atoms with Crippen LogP contribution in [0.4, 0.5) is 5.69 Å². The van der Waals surface area contributed by atoms with Gasteiger partial charge in [0.15, 0.2) is 0 Å². The van der Waals surface area contributed by atoms with E-state index in [9.17, 15) is 9.59 Å². The van der Waals surface area contributed by atoms with Gasteiger partial charge in [0.1, 0.15) is 14.9 Å². The van der Waals surface area contributed by atoms with Crippen molar-refractivity contribution in [2.24, 2.45) is 0 Å². The zero-order valence-corrected chi connectivity index (χ0v) is 20.2. The van der Waals surface area contributed by atoms with E-state index in [1.54, 1.807) is 29.7 Å². The smallest absolute Gasteiger partial charge is 0.292 e. The van der Waals surface area contributed by atoms with Crippen molar-refractivity contribution < 1.29 is 4.79 Å². The van der Waals surface area contributed by atoms with Crippen molar-refractivity contribution in [1.82, 2.24) is 19.7 Å². The molecule has 3 aromatic heterocycles. The number of nitrogens with zero attached hydrogens (tertiary/aromatic N) is 5. The molecule has 5 rings (SSSR count). The lowest BCUT2D eigenvalue weighted by Crippen LogP contribution is -2.49. The predicted molar refractivity (Wildman–Crippen MR) is 133 cm³/mol. The van der Waals surface area contributed by atoms with Gasteiger partial charge in [0.2, 0.25) is 0 Å². The van der Waals surface area contributed by atoms with Crippen molar-refractivity contribution in [2.75, 3.05) is 31.1 Å². The average molecular weight is 498 g/mol. The van der Waals surface area contributed by atoms with E-state index in [4.69, 9.17) is 11.6 Å². The minimum absolute atomic E-state index is 0.00354. The van der Waals surface area contributed by atoms with E-state index in [-0.39, 0.29) is 16.5 Å². The summed E-state index contributed by atoms with van der Waals surface area (Å²) in [5.41, 5.74) is 1.65. The first-order valence-corrected chi connectivity index (χ1v) is 12.5. The first-order valence-electron chi connectivity index (χ1n) is 10.4. The first-order chi connectivity index (χ1) is 16.0. The summed E-state index contributed by atoms with van der Waals surface area (Å²) >= 11 is 9.50. The summed E-state index contributed by atoms with van der Waals surface area (Å²) in [5.74, 6) is -0.00354. The molecule has 33 heavy (non-hydrogen) atoms. The van der Waals surface area contributed by atoms with Gasteiger partial charge in [-0.1, -0.05) is 35.9 Å². The molecule has 7 nitrogen and oxygen atoms in total. The van der Waals surface area contributed by atoms with Gasteiger partial charge in [-0.3, -0.25) is 9.59 Å². The maximum atomic E-state index is 13.2. The Morgan fingerprint density at radius 2 is 1.82 bits per heavy atom. The predicted octanol–water partition coefficient (Wildman–Crippen LogP) is 4.34. The van der Waals surface area contributed by atoms with Crippen LogP contribution in [0.5, 0.6) is 0 Å². The van der Waals surface area contributed by atoms with Gasteiger partial charge in [-0.2, -0.15) is 9.78 Å². The number of hydrogen-bond donors (Lipinski definition) is 0. The zero-order chi connectivity index (χ0) is 22.9. The molecule has 168 valence electrons. The molecule has 0 aliphatic carbocycles. The maximum absolute atomic E-state index is 13.2. The quantitative estimate of drug-likeness (QED) is 0.419. The molecule has 4 aromatic rings. The Bertz CT molecular complexity index is 1340. The number of anilines is 1. The van der Waals surface area contributed by atoms with E-state index < -0.39 is 0 Å². The number of carbonyl (C=O) groups is 1. The Balaban J connectivity index is 1.30. The number of aryl methyl sites for hydroxylation is 1. The van der Waals surface area contributed by atoms with Crippen molar-refractivity contribution in [3.8, 4) is 15.6 Å². The highest BCUT2D eigenvalue weighted by molar-refractivity contribution is 7.22. The molecule has 0 unspecified atom stereocenters. The lowest BCUT2D eigenvalue weighted by molar-refractivity contribution is 0.0750. The number of carbonyl (C=O) groups excluding carboxylic acids is 1. The highest BCUT2D eigenvalue weighted by atomic mass is 35.5. The molecule has 10 heteroatoms. The molecule has 0 atom stereocenters. The number of rotatable bonds is 4.